The number of halogens is 2. The van der Waals surface area contributed by atoms with Crippen LogP contribution >= 0.6 is 23.4 Å². The molecule has 2 aromatic carbocycles. The first kappa shape index (κ1) is 12.9. The zero-order valence-corrected chi connectivity index (χ0v) is 10.5. The minimum absolute atomic E-state index is 0.274. The summed E-state index contributed by atoms with van der Waals surface area (Å²) >= 11 is 7.15. The van der Waals surface area contributed by atoms with Gasteiger partial charge in [0.15, 0.2) is 0 Å². The molecule has 0 heterocycles. The molecule has 0 saturated carbocycles. The second-order valence-electron chi connectivity index (χ2n) is 3.43. The zero-order chi connectivity index (χ0) is 13.1. The maximum Gasteiger partial charge on any atom is 0.273 e. The van der Waals surface area contributed by atoms with E-state index in [1.54, 1.807) is 24.3 Å². The fourth-order valence-electron chi connectivity index (χ4n) is 1.37. The lowest BCUT2D eigenvalue weighted by Gasteiger charge is -2.04. The molecule has 18 heavy (non-hydrogen) atoms. The van der Waals surface area contributed by atoms with E-state index in [0.717, 1.165) is 11.0 Å². The quantitative estimate of drug-likeness (QED) is 0.613. The Hall–Kier alpha value is -1.59. The van der Waals surface area contributed by atoms with Gasteiger partial charge in [0.05, 0.1) is 16.0 Å². The number of nitro benzene ring substituents is 1. The average Bonchev–Trinajstić information content (AvgIpc) is 2.31. The Morgan fingerprint density at radius 1 is 1.22 bits per heavy atom. The van der Waals surface area contributed by atoms with Crippen LogP contribution in [0.3, 0.4) is 0 Å². The molecule has 2 rings (SSSR count). The molecule has 0 N–H and O–H groups in total. The monoisotopic (exact) mass is 283 g/mol. The van der Waals surface area contributed by atoms with Crippen LogP contribution < -0.4 is 0 Å². The molecule has 6 heteroatoms. The van der Waals surface area contributed by atoms with Crippen molar-refractivity contribution in [1.82, 2.24) is 0 Å². The van der Waals surface area contributed by atoms with Crippen molar-refractivity contribution in [1.29, 1.82) is 0 Å². The predicted molar refractivity (Wildman–Crippen MR) is 68.6 cm³/mol. The van der Waals surface area contributed by atoms with Gasteiger partial charge < -0.3 is 0 Å². The molecule has 0 aliphatic carbocycles. The van der Waals surface area contributed by atoms with Gasteiger partial charge in [-0.3, -0.25) is 10.1 Å². The van der Waals surface area contributed by atoms with Crippen LogP contribution in [0.2, 0.25) is 5.02 Å². The van der Waals surface area contributed by atoms with E-state index in [9.17, 15) is 14.5 Å². The second-order valence-corrected chi connectivity index (χ2v) is 4.96. The normalized spacial score (nSPS) is 10.3. The molecule has 0 bridgehead atoms. The lowest BCUT2D eigenvalue weighted by Crippen LogP contribution is -1.89. The van der Waals surface area contributed by atoms with Crippen molar-refractivity contribution < 1.29 is 9.31 Å². The van der Waals surface area contributed by atoms with Crippen molar-refractivity contribution >= 4 is 29.1 Å². The van der Waals surface area contributed by atoms with Gasteiger partial charge in [-0.2, -0.15) is 0 Å². The lowest BCUT2D eigenvalue weighted by atomic mass is 10.3. The van der Waals surface area contributed by atoms with Crippen LogP contribution in [0, 0.1) is 15.9 Å². The summed E-state index contributed by atoms with van der Waals surface area (Å²) in [4.78, 5) is 11.2. The number of hydrogen-bond donors (Lipinski definition) is 0. The number of nitrogens with zero attached hydrogens (tertiary/aromatic N) is 1. The first-order valence-electron chi connectivity index (χ1n) is 4.93. The first-order chi connectivity index (χ1) is 8.56. The molecule has 0 aromatic heterocycles. The van der Waals surface area contributed by atoms with Crippen LogP contribution in [0.25, 0.3) is 0 Å². The third-order valence-electron chi connectivity index (χ3n) is 2.13. The molecule has 0 aliphatic rings. The number of non-ortho nitro benzene ring substituents is 1. The molecular weight excluding hydrogens is 277 g/mol. The van der Waals surface area contributed by atoms with Gasteiger partial charge in [-0.1, -0.05) is 35.5 Å². The van der Waals surface area contributed by atoms with Gasteiger partial charge in [0.25, 0.3) is 5.69 Å². The first-order valence-corrected chi connectivity index (χ1v) is 6.13. The SMILES string of the molecule is O=[N+]([O-])c1cc(F)cc(Sc2ccccc2Cl)c1. The molecule has 0 fully saturated rings. The van der Waals surface area contributed by atoms with E-state index in [0.29, 0.717) is 9.92 Å². The van der Waals surface area contributed by atoms with Crippen molar-refractivity contribution in [3.8, 4) is 0 Å². The van der Waals surface area contributed by atoms with Gasteiger partial charge in [0, 0.05) is 15.9 Å². The molecule has 2 aromatic rings. The fraction of sp³-hybridized carbons (Fsp3) is 0. The van der Waals surface area contributed by atoms with E-state index < -0.39 is 10.7 Å². The van der Waals surface area contributed by atoms with Crippen LogP contribution in [-0.2, 0) is 0 Å². The molecule has 0 aliphatic heterocycles. The van der Waals surface area contributed by atoms with E-state index in [1.165, 1.54) is 23.9 Å². The van der Waals surface area contributed by atoms with Crippen LogP contribution in [0.1, 0.15) is 0 Å². The summed E-state index contributed by atoms with van der Waals surface area (Å²) in [5.41, 5.74) is -0.274. The number of nitro groups is 1. The minimum Gasteiger partial charge on any atom is -0.258 e. The third kappa shape index (κ3) is 3.00. The summed E-state index contributed by atoms with van der Waals surface area (Å²) in [6.45, 7) is 0. The maximum atomic E-state index is 13.2. The summed E-state index contributed by atoms with van der Waals surface area (Å²) in [5.74, 6) is -0.640. The Labute approximate surface area is 112 Å². The fourth-order valence-corrected chi connectivity index (χ4v) is 2.54. The Morgan fingerprint density at radius 3 is 2.61 bits per heavy atom. The highest BCUT2D eigenvalue weighted by Gasteiger charge is 2.11. The molecule has 0 amide bonds. The van der Waals surface area contributed by atoms with Crippen LogP contribution in [-0.4, -0.2) is 4.92 Å². The van der Waals surface area contributed by atoms with E-state index in [2.05, 4.69) is 0 Å². The van der Waals surface area contributed by atoms with Gasteiger partial charge in [0.1, 0.15) is 5.82 Å². The van der Waals surface area contributed by atoms with Gasteiger partial charge >= 0.3 is 0 Å². The Morgan fingerprint density at radius 2 is 1.94 bits per heavy atom. The molecule has 3 nitrogen and oxygen atoms in total. The highest BCUT2D eigenvalue weighted by atomic mass is 35.5. The largest absolute Gasteiger partial charge is 0.273 e. The minimum atomic E-state index is -0.640. The summed E-state index contributed by atoms with van der Waals surface area (Å²) < 4.78 is 13.2. The van der Waals surface area contributed by atoms with Crippen molar-refractivity contribution in [3.63, 3.8) is 0 Å². The number of hydrogen-bond acceptors (Lipinski definition) is 3. The molecule has 0 saturated heterocycles. The molecule has 0 spiro atoms. The summed E-state index contributed by atoms with van der Waals surface area (Å²) in [6.07, 6.45) is 0. The Balaban J connectivity index is 2.35. The highest BCUT2D eigenvalue weighted by molar-refractivity contribution is 7.99. The topological polar surface area (TPSA) is 43.1 Å². The van der Waals surface area contributed by atoms with Gasteiger partial charge in [-0.05, 0) is 18.2 Å². The van der Waals surface area contributed by atoms with Crippen molar-refractivity contribution in [2.45, 2.75) is 9.79 Å². The van der Waals surface area contributed by atoms with Gasteiger partial charge in [-0.15, -0.1) is 0 Å². The summed E-state index contributed by atoms with van der Waals surface area (Å²) in [5, 5.41) is 11.2. The maximum absolute atomic E-state index is 13.2. The van der Waals surface area contributed by atoms with E-state index >= 15 is 0 Å². The third-order valence-corrected chi connectivity index (χ3v) is 3.62. The smallest absolute Gasteiger partial charge is 0.258 e. The lowest BCUT2D eigenvalue weighted by molar-refractivity contribution is -0.385. The van der Waals surface area contributed by atoms with E-state index in [1.807, 2.05) is 0 Å². The van der Waals surface area contributed by atoms with Crippen LogP contribution in [0.5, 0.6) is 0 Å². The van der Waals surface area contributed by atoms with E-state index in [-0.39, 0.29) is 5.69 Å². The molecule has 0 unspecified atom stereocenters. The molecule has 0 atom stereocenters. The zero-order valence-electron chi connectivity index (χ0n) is 8.97. The van der Waals surface area contributed by atoms with Crippen molar-refractivity contribution in [2.24, 2.45) is 0 Å². The Bertz CT molecular complexity index is 606. The van der Waals surface area contributed by atoms with E-state index in [4.69, 9.17) is 11.6 Å². The summed E-state index contributed by atoms with van der Waals surface area (Å²) in [7, 11) is 0. The standard InChI is InChI=1S/C12H7ClFNO2S/c13-11-3-1-2-4-12(11)18-10-6-8(14)5-9(7-10)15(16)17/h1-7H. The van der Waals surface area contributed by atoms with Gasteiger partial charge in [-0.25, -0.2) is 4.39 Å². The van der Waals surface area contributed by atoms with Crippen molar-refractivity contribution in [3.05, 3.63) is 63.4 Å². The van der Waals surface area contributed by atoms with Gasteiger partial charge in [0.2, 0.25) is 0 Å². The van der Waals surface area contributed by atoms with Crippen LogP contribution in [0.4, 0.5) is 10.1 Å². The number of benzene rings is 2. The molecule has 92 valence electrons. The average molecular weight is 284 g/mol. The second kappa shape index (κ2) is 5.37. The molecule has 0 radical (unpaired) electrons. The predicted octanol–water partition coefficient (Wildman–Crippen LogP) is 4.54. The molecular formula is C12H7ClFNO2S. The highest BCUT2D eigenvalue weighted by Crippen LogP contribution is 2.34. The summed E-state index contributed by atoms with van der Waals surface area (Å²) in [6, 6.07) is 10.5. The Kier molecular flexibility index (Phi) is 3.84. The van der Waals surface area contributed by atoms with Crippen LogP contribution in [0.15, 0.2) is 52.3 Å². The van der Waals surface area contributed by atoms with Crippen molar-refractivity contribution in [2.75, 3.05) is 0 Å². The number of rotatable bonds is 3.